The quantitative estimate of drug-likeness (QED) is 0.853. The van der Waals surface area contributed by atoms with Crippen LogP contribution in [0.1, 0.15) is 10.6 Å². The Morgan fingerprint density at radius 2 is 2.28 bits per heavy atom. The van der Waals surface area contributed by atoms with Crippen molar-refractivity contribution in [3.63, 3.8) is 0 Å². The van der Waals surface area contributed by atoms with Crippen LogP contribution < -0.4 is 5.32 Å². The second-order valence-electron chi connectivity index (χ2n) is 3.24. The topological polar surface area (TPSA) is 45.5 Å². The lowest BCUT2D eigenvalue weighted by molar-refractivity contribution is -0.103. The Balaban J connectivity index is 2.22. The Hall–Kier alpha value is -1.28. The van der Waals surface area contributed by atoms with E-state index in [1.54, 1.807) is 0 Å². The molecule has 4 nitrogen and oxygen atoms in total. The average molecular weight is 299 g/mol. The Morgan fingerprint density at radius 1 is 1.56 bits per heavy atom. The summed E-state index contributed by atoms with van der Waals surface area (Å²) >= 11 is 6.22. The van der Waals surface area contributed by atoms with Gasteiger partial charge in [-0.3, -0.25) is 9.21 Å². The maximum Gasteiger partial charge on any atom is 0.434 e. The van der Waals surface area contributed by atoms with E-state index in [0.717, 1.165) is 11.8 Å². The van der Waals surface area contributed by atoms with E-state index in [-0.39, 0.29) is 16.7 Å². The van der Waals surface area contributed by atoms with Crippen molar-refractivity contribution in [2.45, 2.75) is 6.18 Å². The van der Waals surface area contributed by atoms with E-state index in [1.165, 1.54) is 18.4 Å². The van der Waals surface area contributed by atoms with Gasteiger partial charge in [0.2, 0.25) is 0 Å². The minimum atomic E-state index is -4.63. The Labute approximate surface area is 109 Å². The molecule has 1 aromatic rings. The van der Waals surface area contributed by atoms with Crippen molar-refractivity contribution in [1.82, 2.24) is 9.74 Å². The number of carbonyl (C=O) groups excluding carboxylic acids is 1. The molecule has 9 heteroatoms. The molecule has 0 saturated carbocycles. The molecule has 0 atom stereocenters. The molecule has 0 fully saturated rings. The zero-order valence-corrected chi connectivity index (χ0v) is 10.2. The van der Waals surface area contributed by atoms with Crippen LogP contribution in [-0.2, 0) is 0 Å². The summed E-state index contributed by atoms with van der Waals surface area (Å²) in [6, 6.07) is 2.81. The van der Waals surface area contributed by atoms with Crippen molar-refractivity contribution in [3.8, 4) is 0 Å². The van der Waals surface area contributed by atoms with Gasteiger partial charge >= 0.3 is 6.18 Å². The summed E-state index contributed by atoms with van der Waals surface area (Å²) in [6.45, 7) is 0. The summed E-state index contributed by atoms with van der Waals surface area (Å²) in [6.07, 6.45) is -3.37. The van der Waals surface area contributed by atoms with Crippen LogP contribution in [0.4, 0.5) is 13.2 Å². The van der Waals surface area contributed by atoms with E-state index < -0.39 is 17.8 Å². The highest BCUT2D eigenvalue weighted by atomic mass is 35.5. The third kappa shape index (κ3) is 2.59. The molecule has 1 aliphatic rings. The molecule has 0 radical (unpaired) electrons. The maximum atomic E-state index is 12.7. The van der Waals surface area contributed by atoms with E-state index in [4.69, 9.17) is 16.2 Å². The van der Waals surface area contributed by atoms with Gasteiger partial charge < -0.3 is 9.73 Å². The lowest BCUT2D eigenvalue weighted by atomic mass is 10.4. The minimum absolute atomic E-state index is 0.0716. The van der Waals surface area contributed by atoms with Crippen LogP contribution in [0.5, 0.6) is 0 Å². The third-order valence-corrected chi connectivity index (χ3v) is 3.42. The number of thioether (sulfide) groups is 1. The van der Waals surface area contributed by atoms with Gasteiger partial charge in [0.1, 0.15) is 5.03 Å². The van der Waals surface area contributed by atoms with Gasteiger partial charge in [0, 0.05) is 11.8 Å². The predicted octanol–water partition coefficient (Wildman–Crippen LogP) is 2.90. The highest BCUT2D eigenvalue weighted by Gasteiger charge is 2.44. The largest absolute Gasteiger partial charge is 0.459 e. The summed E-state index contributed by atoms with van der Waals surface area (Å²) < 4.78 is 43.3. The van der Waals surface area contributed by atoms with Gasteiger partial charge in [0.15, 0.2) is 11.5 Å². The number of amides is 1. The third-order valence-electron chi connectivity index (χ3n) is 2.02. The van der Waals surface area contributed by atoms with Gasteiger partial charge in [-0.15, -0.1) is 0 Å². The SMILES string of the molecule is O=C(NC1=C(C(F)(F)F)N(Cl)CS1)c1ccco1. The Morgan fingerprint density at radius 3 is 2.83 bits per heavy atom. The fraction of sp³-hybridized carbons (Fsp3) is 0.222. The fourth-order valence-electron chi connectivity index (χ4n) is 1.30. The van der Waals surface area contributed by atoms with E-state index >= 15 is 0 Å². The normalized spacial score (nSPS) is 16.3. The molecule has 1 aromatic heterocycles. The summed E-state index contributed by atoms with van der Waals surface area (Å²) in [4.78, 5) is 11.6. The number of carbonyl (C=O) groups is 1. The highest BCUT2D eigenvalue weighted by Crippen LogP contribution is 2.41. The molecule has 1 N–H and O–H groups in total. The number of rotatable bonds is 2. The van der Waals surface area contributed by atoms with E-state index in [2.05, 4.69) is 5.32 Å². The predicted molar refractivity (Wildman–Crippen MR) is 59.4 cm³/mol. The summed E-state index contributed by atoms with van der Waals surface area (Å²) in [5.74, 6) is -0.918. The molecule has 0 saturated heterocycles. The average Bonchev–Trinajstić information content (AvgIpc) is 2.86. The number of allylic oxidation sites excluding steroid dienone is 1. The van der Waals surface area contributed by atoms with Crippen LogP contribution in [0, 0.1) is 0 Å². The van der Waals surface area contributed by atoms with Crippen LogP contribution in [-0.4, -0.2) is 22.4 Å². The van der Waals surface area contributed by atoms with Crippen LogP contribution >= 0.6 is 23.5 Å². The summed E-state index contributed by atoms with van der Waals surface area (Å²) in [5, 5.41) is 1.80. The zero-order chi connectivity index (χ0) is 13.3. The van der Waals surface area contributed by atoms with Gasteiger partial charge in [-0.1, -0.05) is 11.8 Å². The molecular formula is C9H6ClF3N2O2S. The van der Waals surface area contributed by atoms with Gasteiger partial charge in [0.25, 0.3) is 5.91 Å². The molecule has 0 bridgehead atoms. The first kappa shape index (κ1) is 13.2. The molecule has 18 heavy (non-hydrogen) atoms. The Bertz CT molecular complexity index is 487. The van der Waals surface area contributed by atoms with E-state index in [0.29, 0.717) is 4.42 Å². The van der Waals surface area contributed by atoms with Gasteiger partial charge in [-0.25, -0.2) is 0 Å². The van der Waals surface area contributed by atoms with Crippen LogP contribution in [0.15, 0.2) is 33.5 Å². The van der Waals surface area contributed by atoms with E-state index in [9.17, 15) is 18.0 Å². The minimum Gasteiger partial charge on any atom is -0.459 e. The second kappa shape index (κ2) is 4.77. The number of halogens is 4. The van der Waals surface area contributed by atoms with Crippen LogP contribution in [0.2, 0.25) is 0 Å². The van der Waals surface area contributed by atoms with Gasteiger partial charge in [-0.2, -0.15) is 13.2 Å². The van der Waals surface area contributed by atoms with Crippen molar-refractivity contribution >= 4 is 29.4 Å². The van der Waals surface area contributed by atoms with Crippen LogP contribution in [0.3, 0.4) is 0 Å². The lowest BCUT2D eigenvalue weighted by Gasteiger charge is -2.15. The maximum absolute atomic E-state index is 12.7. The molecule has 1 amide bonds. The number of furan rings is 1. The van der Waals surface area contributed by atoms with Crippen molar-refractivity contribution in [2.24, 2.45) is 0 Å². The molecule has 0 spiro atoms. The lowest BCUT2D eigenvalue weighted by Crippen LogP contribution is -2.27. The standard InChI is InChI=1S/C9H6ClF3N2O2S/c10-15-4-18-8(6(15)9(11,12)13)14-7(16)5-2-1-3-17-5/h1-3H,4H2,(H,14,16). The molecule has 2 rings (SSSR count). The second-order valence-corrected chi connectivity index (χ2v) is 4.61. The zero-order valence-electron chi connectivity index (χ0n) is 8.62. The van der Waals surface area contributed by atoms with Crippen molar-refractivity contribution < 1.29 is 22.4 Å². The number of nitrogens with zero attached hydrogens (tertiary/aromatic N) is 1. The number of nitrogens with one attached hydrogen (secondary N) is 1. The molecule has 1 aliphatic heterocycles. The number of hydrogen-bond donors (Lipinski definition) is 1. The molecule has 0 aromatic carbocycles. The molecule has 0 unspecified atom stereocenters. The first-order valence-corrected chi connectivity index (χ1v) is 5.94. The number of hydrogen-bond acceptors (Lipinski definition) is 4. The summed E-state index contributed by atoms with van der Waals surface area (Å²) in [5.41, 5.74) is -1.07. The monoisotopic (exact) mass is 298 g/mol. The summed E-state index contributed by atoms with van der Waals surface area (Å²) in [7, 11) is 0. The smallest absolute Gasteiger partial charge is 0.434 e. The Kier molecular flexibility index (Phi) is 3.49. The first-order chi connectivity index (χ1) is 8.39. The van der Waals surface area contributed by atoms with Gasteiger partial charge in [0.05, 0.1) is 12.1 Å². The first-order valence-electron chi connectivity index (χ1n) is 4.62. The molecule has 0 aliphatic carbocycles. The van der Waals surface area contributed by atoms with E-state index in [1.807, 2.05) is 0 Å². The molecule has 2 heterocycles. The number of alkyl halides is 3. The van der Waals surface area contributed by atoms with Crippen LogP contribution in [0.25, 0.3) is 0 Å². The van der Waals surface area contributed by atoms with Crippen molar-refractivity contribution in [3.05, 3.63) is 34.9 Å². The van der Waals surface area contributed by atoms with Crippen molar-refractivity contribution in [2.75, 3.05) is 5.88 Å². The molecular weight excluding hydrogens is 293 g/mol. The van der Waals surface area contributed by atoms with Crippen molar-refractivity contribution in [1.29, 1.82) is 0 Å². The molecule has 98 valence electrons. The fourth-order valence-corrected chi connectivity index (χ4v) is 2.57. The highest BCUT2D eigenvalue weighted by molar-refractivity contribution is 8.03. The van der Waals surface area contributed by atoms with Gasteiger partial charge in [-0.05, 0) is 12.1 Å².